The van der Waals surface area contributed by atoms with Crippen molar-refractivity contribution in [3.05, 3.63) is 12.2 Å². The second kappa shape index (κ2) is 9.64. The molecule has 0 aromatic carbocycles. The van der Waals surface area contributed by atoms with Crippen molar-refractivity contribution >= 4 is 5.97 Å². The molecule has 0 aromatic rings. The predicted molar refractivity (Wildman–Crippen MR) is 57.0 cm³/mol. The summed E-state index contributed by atoms with van der Waals surface area (Å²) >= 11 is 0. The summed E-state index contributed by atoms with van der Waals surface area (Å²) in [6, 6.07) is 0. The van der Waals surface area contributed by atoms with E-state index in [-0.39, 0.29) is 5.57 Å². The number of carboxylic acid groups (broad SMARTS) is 1. The minimum Gasteiger partial charge on any atom is -0.478 e. The van der Waals surface area contributed by atoms with Gasteiger partial charge in [0.1, 0.15) is 0 Å². The normalized spacial score (nSPS) is 17.4. The van der Waals surface area contributed by atoms with Gasteiger partial charge < -0.3 is 19.9 Å². The highest BCUT2D eigenvalue weighted by Gasteiger charge is 1.94. The van der Waals surface area contributed by atoms with E-state index in [1.165, 1.54) is 6.92 Å². The average Bonchev–Trinajstić information content (AvgIpc) is 3.08. The molecule has 2 aliphatic heterocycles. The summed E-state index contributed by atoms with van der Waals surface area (Å²) in [7, 11) is 0. The predicted octanol–water partition coefficient (Wildman–Crippen LogP) is 0.270. The summed E-state index contributed by atoms with van der Waals surface area (Å²) in [6.45, 7) is 10.4. The first-order valence-electron chi connectivity index (χ1n) is 4.89. The number of hydrogen-bond acceptors (Lipinski definition) is 4. The minimum absolute atomic E-state index is 0.176. The van der Waals surface area contributed by atoms with E-state index in [1.54, 1.807) is 0 Å². The van der Waals surface area contributed by atoms with Crippen molar-refractivity contribution in [2.75, 3.05) is 39.5 Å². The molecular formula is C10H19NO4. The molecule has 15 heavy (non-hydrogen) atoms. The van der Waals surface area contributed by atoms with Crippen LogP contribution in [0.1, 0.15) is 6.92 Å². The molecule has 2 N–H and O–H groups in total. The molecular weight excluding hydrogens is 198 g/mol. The van der Waals surface area contributed by atoms with E-state index in [4.69, 9.17) is 9.84 Å². The van der Waals surface area contributed by atoms with Gasteiger partial charge in [0.15, 0.2) is 0 Å². The molecule has 0 radical (unpaired) electrons. The maximum Gasteiger partial charge on any atom is 0.330 e. The molecule has 0 aliphatic carbocycles. The molecule has 0 amide bonds. The Kier molecular flexibility index (Phi) is 9.05. The third-order valence-corrected chi connectivity index (χ3v) is 1.42. The number of aliphatic carboxylic acids is 1. The van der Waals surface area contributed by atoms with Crippen molar-refractivity contribution < 1.29 is 19.4 Å². The molecule has 2 heterocycles. The van der Waals surface area contributed by atoms with E-state index >= 15 is 0 Å². The lowest BCUT2D eigenvalue weighted by Gasteiger charge is -2.10. The molecule has 0 spiro atoms. The maximum absolute atomic E-state index is 9.60. The Morgan fingerprint density at radius 2 is 1.60 bits per heavy atom. The van der Waals surface area contributed by atoms with Gasteiger partial charge in [-0.3, -0.25) is 0 Å². The Labute approximate surface area is 90.1 Å². The van der Waals surface area contributed by atoms with Crippen LogP contribution in [0.5, 0.6) is 0 Å². The van der Waals surface area contributed by atoms with E-state index in [2.05, 4.69) is 16.6 Å². The SMILES string of the molecule is C1CO1.C1COCCN1.C=C(C)C(=O)O. The molecule has 0 unspecified atom stereocenters. The standard InChI is InChI=1S/C4H9NO.C4H6O2.C2H4O/c1-3-6-4-2-5-1;1-3(2)4(5)6;1-2-3-1/h5H,1-4H2;1H2,2H3,(H,5,6);1-2H2. The molecule has 0 saturated carbocycles. The number of epoxide rings is 1. The zero-order chi connectivity index (χ0) is 11.5. The number of morpholine rings is 1. The van der Waals surface area contributed by atoms with Gasteiger partial charge >= 0.3 is 5.97 Å². The molecule has 5 heteroatoms. The fourth-order valence-corrected chi connectivity index (χ4v) is 0.516. The van der Waals surface area contributed by atoms with E-state index in [9.17, 15) is 4.79 Å². The largest absolute Gasteiger partial charge is 0.478 e. The van der Waals surface area contributed by atoms with Gasteiger partial charge in [-0.05, 0) is 6.92 Å². The van der Waals surface area contributed by atoms with Crippen LogP contribution >= 0.6 is 0 Å². The monoisotopic (exact) mass is 217 g/mol. The minimum atomic E-state index is -0.935. The number of carboxylic acids is 1. The van der Waals surface area contributed by atoms with Crippen LogP contribution in [-0.4, -0.2) is 50.6 Å². The molecule has 88 valence electrons. The van der Waals surface area contributed by atoms with Gasteiger partial charge in [-0.1, -0.05) is 6.58 Å². The summed E-state index contributed by atoms with van der Waals surface area (Å²) < 4.78 is 9.51. The molecule has 2 saturated heterocycles. The first kappa shape index (κ1) is 14.1. The van der Waals surface area contributed by atoms with Gasteiger partial charge in [0.05, 0.1) is 26.4 Å². The van der Waals surface area contributed by atoms with Gasteiger partial charge in [-0.25, -0.2) is 4.79 Å². The Hall–Kier alpha value is -0.910. The highest BCUT2D eigenvalue weighted by molar-refractivity contribution is 5.84. The van der Waals surface area contributed by atoms with Crippen LogP contribution in [-0.2, 0) is 14.3 Å². The molecule has 0 bridgehead atoms. The zero-order valence-electron chi connectivity index (χ0n) is 9.12. The Balaban J connectivity index is 0.000000206. The highest BCUT2D eigenvalue weighted by atomic mass is 16.6. The van der Waals surface area contributed by atoms with Crippen LogP contribution in [0.25, 0.3) is 0 Å². The summed E-state index contributed by atoms with van der Waals surface area (Å²) in [5.74, 6) is -0.935. The van der Waals surface area contributed by atoms with E-state index in [0.29, 0.717) is 0 Å². The molecule has 2 rings (SSSR count). The topological polar surface area (TPSA) is 71.1 Å². The number of nitrogens with one attached hydrogen (secondary N) is 1. The van der Waals surface area contributed by atoms with Crippen molar-refractivity contribution in [3.63, 3.8) is 0 Å². The number of rotatable bonds is 1. The third-order valence-electron chi connectivity index (χ3n) is 1.42. The highest BCUT2D eigenvalue weighted by Crippen LogP contribution is 1.84. The molecule has 2 fully saturated rings. The van der Waals surface area contributed by atoms with Crippen molar-refractivity contribution in [1.82, 2.24) is 5.32 Å². The first-order valence-corrected chi connectivity index (χ1v) is 4.89. The van der Waals surface area contributed by atoms with Crippen molar-refractivity contribution in [1.29, 1.82) is 0 Å². The van der Waals surface area contributed by atoms with Crippen LogP contribution in [0.3, 0.4) is 0 Å². The Morgan fingerprint density at radius 3 is 1.67 bits per heavy atom. The second-order valence-corrected chi connectivity index (χ2v) is 3.06. The molecule has 0 atom stereocenters. The summed E-state index contributed by atoms with van der Waals surface area (Å²) in [4.78, 5) is 9.60. The lowest BCUT2D eigenvalue weighted by atomic mass is 10.4. The quantitative estimate of drug-likeness (QED) is 0.487. The van der Waals surface area contributed by atoms with Crippen LogP contribution < -0.4 is 5.32 Å². The first-order chi connectivity index (χ1) is 7.14. The summed E-state index contributed by atoms with van der Waals surface area (Å²) in [5.41, 5.74) is 0.176. The van der Waals surface area contributed by atoms with E-state index in [1.807, 2.05) is 0 Å². The lowest BCUT2D eigenvalue weighted by Crippen LogP contribution is -2.30. The van der Waals surface area contributed by atoms with Gasteiger partial charge in [0, 0.05) is 18.7 Å². The summed E-state index contributed by atoms with van der Waals surface area (Å²) in [5, 5.41) is 11.1. The van der Waals surface area contributed by atoms with Crippen LogP contribution in [0.4, 0.5) is 0 Å². The Bertz CT molecular complexity index is 162. The van der Waals surface area contributed by atoms with Crippen LogP contribution in [0.15, 0.2) is 12.2 Å². The fraction of sp³-hybridized carbons (Fsp3) is 0.700. The maximum atomic E-state index is 9.60. The number of hydrogen-bond donors (Lipinski definition) is 2. The zero-order valence-corrected chi connectivity index (χ0v) is 9.12. The van der Waals surface area contributed by atoms with Crippen LogP contribution in [0, 0.1) is 0 Å². The smallest absolute Gasteiger partial charge is 0.330 e. The number of ether oxygens (including phenoxy) is 2. The van der Waals surface area contributed by atoms with Gasteiger partial charge in [0.25, 0.3) is 0 Å². The van der Waals surface area contributed by atoms with Gasteiger partial charge in [-0.15, -0.1) is 0 Å². The Morgan fingerprint density at radius 1 is 1.20 bits per heavy atom. The molecule has 0 aromatic heterocycles. The van der Waals surface area contributed by atoms with Gasteiger partial charge in [-0.2, -0.15) is 0 Å². The van der Waals surface area contributed by atoms with E-state index in [0.717, 1.165) is 39.5 Å². The fourth-order valence-electron chi connectivity index (χ4n) is 0.516. The molecule has 2 aliphatic rings. The van der Waals surface area contributed by atoms with Crippen molar-refractivity contribution in [2.24, 2.45) is 0 Å². The number of carbonyl (C=O) groups is 1. The van der Waals surface area contributed by atoms with Crippen molar-refractivity contribution in [3.8, 4) is 0 Å². The average molecular weight is 217 g/mol. The summed E-state index contributed by atoms with van der Waals surface area (Å²) in [6.07, 6.45) is 0. The van der Waals surface area contributed by atoms with Crippen LogP contribution in [0.2, 0.25) is 0 Å². The third kappa shape index (κ3) is 15.8. The van der Waals surface area contributed by atoms with Crippen molar-refractivity contribution in [2.45, 2.75) is 6.92 Å². The van der Waals surface area contributed by atoms with Gasteiger partial charge in [0.2, 0.25) is 0 Å². The lowest BCUT2D eigenvalue weighted by molar-refractivity contribution is -0.132. The van der Waals surface area contributed by atoms with E-state index < -0.39 is 5.97 Å². The second-order valence-electron chi connectivity index (χ2n) is 3.06. The molecule has 5 nitrogen and oxygen atoms in total.